The maximum Gasteiger partial charge on any atom is 0.133 e. The van der Waals surface area contributed by atoms with E-state index in [0.717, 1.165) is 48.3 Å². The fraction of sp³-hybridized carbons (Fsp3) is 0.966. The molecule has 0 heterocycles. The molecule has 0 bridgehead atoms. The third-order valence-electron chi connectivity index (χ3n) is 12.3. The SMILES string of the molecule is CC(C)C(C)CC[C@@H](C)[C@H]1CC[C@@]2(C)[C@@H]3CCC4CC(=O)CC[C@]4(C)[C@H]3CC[C@]12C. The summed E-state index contributed by atoms with van der Waals surface area (Å²) in [6.45, 7) is 17.8. The van der Waals surface area contributed by atoms with Crippen LogP contribution in [0.5, 0.6) is 0 Å². The Kier molecular flexibility index (Phi) is 6.03. The van der Waals surface area contributed by atoms with Crippen LogP contribution >= 0.6 is 0 Å². The molecule has 1 nitrogen and oxygen atoms in total. The van der Waals surface area contributed by atoms with Gasteiger partial charge < -0.3 is 0 Å². The molecule has 172 valence electrons. The molecule has 0 amide bonds. The molecular weight excluding hydrogens is 364 g/mol. The van der Waals surface area contributed by atoms with Crippen molar-refractivity contribution in [3.8, 4) is 0 Å². The van der Waals surface area contributed by atoms with Gasteiger partial charge >= 0.3 is 0 Å². The zero-order chi connectivity index (χ0) is 21.9. The summed E-state index contributed by atoms with van der Waals surface area (Å²) < 4.78 is 0. The smallest absolute Gasteiger partial charge is 0.133 e. The zero-order valence-electron chi connectivity index (χ0n) is 21.2. The Hall–Kier alpha value is -0.330. The third kappa shape index (κ3) is 3.35. The second-order valence-electron chi connectivity index (χ2n) is 13.5. The predicted molar refractivity (Wildman–Crippen MR) is 127 cm³/mol. The number of hydrogen-bond donors (Lipinski definition) is 0. The van der Waals surface area contributed by atoms with Crippen LogP contribution in [0.1, 0.15) is 119 Å². The molecular formula is C29H50O. The van der Waals surface area contributed by atoms with Crippen LogP contribution in [0, 0.1) is 57.7 Å². The van der Waals surface area contributed by atoms with Crippen LogP contribution in [-0.4, -0.2) is 5.78 Å². The summed E-state index contributed by atoms with van der Waals surface area (Å²) in [5, 5.41) is 0. The number of rotatable bonds is 5. The summed E-state index contributed by atoms with van der Waals surface area (Å²) in [6.07, 6.45) is 14.3. The van der Waals surface area contributed by atoms with Crippen LogP contribution in [0.25, 0.3) is 0 Å². The first-order valence-electron chi connectivity index (χ1n) is 13.5. The molecule has 0 spiro atoms. The molecule has 0 aromatic heterocycles. The van der Waals surface area contributed by atoms with Crippen LogP contribution in [0.3, 0.4) is 0 Å². The number of hydrogen-bond acceptors (Lipinski definition) is 1. The lowest BCUT2D eigenvalue weighted by atomic mass is 9.40. The highest BCUT2D eigenvalue weighted by atomic mass is 16.1. The Morgan fingerprint density at radius 1 is 0.833 bits per heavy atom. The van der Waals surface area contributed by atoms with Gasteiger partial charge in [-0.05, 0) is 103 Å². The van der Waals surface area contributed by atoms with Crippen LogP contribution in [0.15, 0.2) is 0 Å². The molecule has 2 unspecified atom stereocenters. The minimum atomic E-state index is 0.442. The summed E-state index contributed by atoms with van der Waals surface area (Å²) >= 11 is 0. The quantitative estimate of drug-likeness (QED) is 0.442. The summed E-state index contributed by atoms with van der Waals surface area (Å²) in [6, 6.07) is 0. The van der Waals surface area contributed by atoms with Crippen LogP contribution in [0.4, 0.5) is 0 Å². The third-order valence-corrected chi connectivity index (χ3v) is 12.3. The van der Waals surface area contributed by atoms with E-state index in [1.54, 1.807) is 0 Å². The Labute approximate surface area is 187 Å². The minimum Gasteiger partial charge on any atom is -0.300 e. The molecule has 1 heteroatoms. The fourth-order valence-corrected chi connectivity index (χ4v) is 9.47. The van der Waals surface area contributed by atoms with E-state index < -0.39 is 0 Å². The molecule has 9 atom stereocenters. The van der Waals surface area contributed by atoms with Crippen LogP contribution in [0.2, 0.25) is 0 Å². The highest BCUT2D eigenvalue weighted by Crippen LogP contribution is 2.73. The molecule has 4 aliphatic rings. The number of Topliss-reactive ketones (excluding diaryl/α,β-unsaturated/α-hetero) is 1. The summed E-state index contributed by atoms with van der Waals surface area (Å²) in [7, 11) is 0. The maximum atomic E-state index is 12.2. The Morgan fingerprint density at radius 2 is 1.53 bits per heavy atom. The van der Waals surface area contributed by atoms with Crippen molar-refractivity contribution < 1.29 is 4.79 Å². The molecule has 0 saturated heterocycles. The molecule has 0 aromatic rings. The van der Waals surface area contributed by atoms with Crippen molar-refractivity contribution in [3.05, 3.63) is 0 Å². The summed E-state index contributed by atoms with van der Waals surface area (Å²) in [5.41, 5.74) is 1.49. The zero-order valence-corrected chi connectivity index (χ0v) is 21.2. The second-order valence-corrected chi connectivity index (χ2v) is 13.5. The van der Waals surface area contributed by atoms with Crippen molar-refractivity contribution in [1.29, 1.82) is 0 Å². The molecule has 4 rings (SSSR count). The topological polar surface area (TPSA) is 17.1 Å². The van der Waals surface area contributed by atoms with Gasteiger partial charge in [-0.25, -0.2) is 0 Å². The first-order valence-corrected chi connectivity index (χ1v) is 13.5. The maximum absolute atomic E-state index is 12.2. The van der Waals surface area contributed by atoms with Crippen molar-refractivity contribution in [3.63, 3.8) is 0 Å². The van der Waals surface area contributed by atoms with Crippen LogP contribution in [-0.2, 0) is 4.79 Å². The highest BCUT2D eigenvalue weighted by molar-refractivity contribution is 5.79. The first-order chi connectivity index (χ1) is 14.0. The van der Waals surface area contributed by atoms with Gasteiger partial charge in [-0.3, -0.25) is 4.79 Å². The standard InChI is InChI=1S/C29H50O/c1-19(2)20(3)8-9-21(4)24-13-16-29(7)26-11-10-22-18-23(30)12-15-27(22,5)25(26)14-17-28(24,29)6/h19-22,24-26H,8-18H2,1-7H3/t20?,21-,22?,24-,25+,26-,27+,28-,29+/m1/s1. The van der Waals surface area contributed by atoms with E-state index in [9.17, 15) is 4.79 Å². The molecule has 30 heavy (non-hydrogen) atoms. The van der Waals surface area contributed by atoms with E-state index in [2.05, 4.69) is 48.5 Å². The number of carbonyl (C=O) groups is 1. The monoisotopic (exact) mass is 414 g/mol. The summed E-state index contributed by atoms with van der Waals surface area (Å²) in [5.74, 6) is 6.46. The molecule has 4 aliphatic carbocycles. The van der Waals surface area contributed by atoms with Crippen molar-refractivity contribution in [2.24, 2.45) is 57.7 Å². The summed E-state index contributed by atoms with van der Waals surface area (Å²) in [4.78, 5) is 12.2. The van der Waals surface area contributed by atoms with Gasteiger partial charge in [0.25, 0.3) is 0 Å². The normalized spacial score (nSPS) is 48.1. The lowest BCUT2D eigenvalue weighted by Crippen LogP contribution is -2.57. The lowest BCUT2D eigenvalue weighted by molar-refractivity contribution is -0.162. The van der Waals surface area contributed by atoms with Gasteiger partial charge in [-0.2, -0.15) is 0 Å². The largest absolute Gasteiger partial charge is 0.300 e. The van der Waals surface area contributed by atoms with Crippen LogP contribution < -0.4 is 0 Å². The van der Waals surface area contributed by atoms with E-state index in [1.807, 2.05) is 0 Å². The first kappa shape index (κ1) is 22.8. The predicted octanol–water partition coefficient (Wildman–Crippen LogP) is 8.31. The highest BCUT2D eigenvalue weighted by Gasteiger charge is 2.65. The molecule has 4 fully saturated rings. The van der Waals surface area contributed by atoms with Crippen molar-refractivity contribution in [1.82, 2.24) is 0 Å². The van der Waals surface area contributed by atoms with E-state index >= 15 is 0 Å². The Morgan fingerprint density at radius 3 is 2.23 bits per heavy atom. The van der Waals surface area contributed by atoms with E-state index in [0.29, 0.717) is 27.9 Å². The van der Waals surface area contributed by atoms with Crippen molar-refractivity contribution in [2.75, 3.05) is 0 Å². The van der Waals surface area contributed by atoms with Gasteiger partial charge in [0.15, 0.2) is 0 Å². The van der Waals surface area contributed by atoms with E-state index in [4.69, 9.17) is 0 Å². The molecule has 0 aromatic carbocycles. The molecule has 0 radical (unpaired) electrons. The molecule has 0 aliphatic heterocycles. The average Bonchev–Trinajstić information content (AvgIpc) is 2.97. The lowest BCUT2D eigenvalue weighted by Gasteiger charge is -2.64. The van der Waals surface area contributed by atoms with E-state index in [-0.39, 0.29) is 0 Å². The van der Waals surface area contributed by atoms with Gasteiger partial charge in [0.1, 0.15) is 5.78 Å². The number of carbonyl (C=O) groups excluding carboxylic acids is 1. The average molecular weight is 415 g/mol. The second kappa shape index (κ2) is 7.91. The van der Waals surface area contributed by atoms with Gasteiger partial charge in [0, 0.05) is 12.8 Å². The minimum absolute atomic E-state index is 0.442. The van der Waals surface area contributed by atoms with Crippen molar-refractivity contribution in [2.45, 2.75) is 119 Å². The Bertz CT molecular complexity index is 651. The van der Waals surface area contributed by atoms with Gasteiger partial charge in [0.05, 0.1) is 0 Å². The Balaban J connectivity index is 1.52. The van der Waals surface area contributed by atoms with Gasteiger partial charge in [0.2, 0.25) is 0 Å². The van der Waals surface area contributed by atoms with Crippen molar-refractivity contribution >= 4 is 5.78 Å². The molecule has 0 N–H and O–H groups in total. The van der Waals surface area contributed by atoms with Gasteiger partial charge in [-0.15, -0.1) is 0 Å². The number of fused-ring (bicyclic) bond motifs is 5. The number of ketones is 1. The fourth-order valence-electron chi connectivity index (χ4n) is 9.47. The van der Waals surface area contributed by atoms with E-state index in [1.165, 1.54) is 57.8 Å². The van der Waals surface area contributed by atoms with Gasteiger partial charge in [-0.1, -0.05) is 61.3 Å². The molecule has 4 saturated carbocycles.